The molecule has 0 aliphatic carbocycles. The summed E-state index contributed by atoms with van der Waals surface area (Å²) in [4.78, 5) is 0.134. The van der Waals surface area contributed by atoms with Gasteiger partial charge in [-0.25, -0.2) is 21.7 Å². The average Bonchev–Trinajstić information content (AvgIpc) is 2.93. The maximum atomic E-state index is 13.5. The third kappa shape index (κ3) is 5.95. The maximum Gasteiger partial charge on any atom is 0.573 e. The molecule has 0 spiro atoms. The molecular weight excluding hydrogens is 555 g/mol. The van der Waals surface area contributed by atoms with Gasteiger partial charge < -0.3 is 9.47 Å². The van der Waals surface area contributed by atoms with Gasteiger partial charge in [0.05, 0.1) is 10.6 Å². The quantitative estimate of drug-likeness (QED) is 0.370. The van der Waals surface area contributed by atoms with Crippen molar-refractivity contribution in [1.29, 1.82) is 0 Å². The molecule has 0 fully saturated rings. The minimum Gasteiger partial charge on any atom is -0.454 e. The predicted octanol–water partition coefficient (Wildman–Crippen LogP) is 5.59. The fourth-order valence-electron chi connectivity index (χ4n) is 3.64. The van der Waals surface area contributed by atoms with Gasteiger partial charge in [0.1, 0.15) is 26.3 Å². The van der Waals surface area contributed by atoms with Crippen molar-refractivity contribution in [2.24, 2.45) is 4.36 Å². The average molecular weight is 576 g/mol. The fourth-order valence-corrected chi connectivity index (χ4v) is 6.86. The number of nitrogens with zero attached hydrogens (tertiary/aromatic N) is 2. The van der Waals surface area contributed by atoms with Crippen molar-refractivity contribution in [3.05, 3.63) is 71.8 Å². The molecule has 0 saturated heterocycles. The van der Waals surface area contributed by atoms with E-state index < -0.39 is 32.1 Å². The number of alkyl halides is 3. The van der Waals surface area contributed by atoms with E-state index >= 15 is 0 Å². The summed E-state index contributed by atoms with van der Waals surface area (Å²) in [6.07, 6.45) is -4.65. The van der Waals surface area contributed by atoms with Crippen LogP contribution in [0.5, 0.6) is 17.2 Å². The highest BCUT2D eigenvalue weighted by Crippen LogP contribution is 2.43. The molecule has 1 heterocycles. The van der Waals surface area contributed by atoms with Crippen LogP contribution in [-0.4, -0.2) is 39.1 Å². The van der Waals surface area contributed by atoms with Crippen molar-refractivity contribution >= 4 is 37.2 Å². The molecule has 14 heteroatoms. The van der Waals surface area contributed by atoms with Gasteiger partial charge in [-0.2, -0.15) is 0 Å². The summed E-state index contributed by atoms with van der Waals surface area (Å²) in [6, 6.07) is 15.4. The van der Waals surface area contributed by atoms with Crippen LogP contribution in [0.1, 0.15) is 6.42 Å². The van der Waals surface area contributed by atoms with Gasteiger partial charge in [-0.05, 0) is 61.0 Å². The zero-order valence-corrected chi connectivity index (χ0v) is 21.6. The Morgan fingerprint density at radius 1 is 1.08 bits per heavy atom. The van der Waals surface area contributed by atoms with Gasteiger partial charge >= 0.3 is 6.36 Å². The number of rotatable bonds is 7. The monoisotopic (exact) mass is 575 g/mol. The van der Waals surface area contributed by atoms with E-state index in [0.29, 0.717) is 10.8 Å². The summed E-state index contributed by atoms with van der Waals surface area (Å²) < 4.78 is 95.1. The third-order valence-corrected chi connectivity index (χ3v) is 9.40. The van der Waals surface area contributed by atoms with E-state index in [1.807, 2.05) is 0 Å². The lowest BCUT2D eigenvalue weighted by atomic mass is 10.2. The van der Waals surface area contributed by atoms with Crippen molar-refractivity contribution < 1.29 is 35.3 Å². The van der Waals surface area contributed by atoms with Gasteiger partial charge in [0.15, 0.2) is 5.75 Å². The number of fused-ring (bicyclic) bond motifs is 2. The van der Waals surface area contributed by atoms with Crippen molar-refractivity contribution in [2.45, 2.75) is 22.6 Å². The molecular formula is C23H21ClF3N3O5S2. The smallest absolute Gasteiger partial charge is 0.454 e. The minimum absolute atomic E-state index is 0.0104. The van der Waals surface area contributed by atoms with Crippen molar-refractivity contribution in [2.75, 3.05) is 24.4 Å². The van der Waals surface area contributed by atoms with Crippen molar-refractivity contribution in [1.82, 2.24) is 4.72 Å². The van der Waals surface area contributed by atoms with E-state index in [-0.39, 0.29) is 40.7 Å². The number of benzene rings is 3. The molecule has 0 amide bonds. The first-order valence-corrected chi connectivity index (χ1v) is 14.1. The lowest BCUT2D eigenvalue weighted by Gasteiger charge is -2.24. The second kappa shape index (κ2) is 10.4. The molecule has 0 bridgehead atoms. The number of ether oxygens (including phenoxy) is 2. The predicted molar refractivity (Wildman–Crippen MR) is 133 cm³/mol. The van der Waals surface area contributed by atoms with E-state index in [2.05, 4.69) is 13.8 Å². The highest BCUT2D eigenvalue weighted by Gasteiger charge is 2.34. The van der Waals surface area contributed by atoms with Crippen LogP contribution in [0.15, 0.2) is 80.9 Å². The standard InChI is InChI=1S/C23H21ClF3N3O5S2/c1-28-36(31,18-10-8-17(9-11-18)35-23(25,26)27)29-13-4-14-30-19-15-16(24)7-12-20(19)34-21-5-2-3-6-22(21)37(30,32)33/h2-3,5-12,15H,4,13-14H2,1H3,(H,28,29,31). The first-order valence-electron chi connectivity index (χ1n) is 10.8. The van der Waals surface area contributed by atoms with E-state index in [1.54, 1.807) is 30.3 Å². The zero-order chi connectivity index (χ0) is 26.8. The van der Waals surface area contributed by atoms with Crippen LogP contribution in [0.4, 0.5) is 18.9 Å². The molecule has 1 aliphatic heterocycles. The molecule has 4 rings (SSSR count). The topological polar surface area (TPSA) is 97.3 Å². The second-order valence-corrected chi connectivity index (χ2v) is 12.2. The summed E-state index contributed by atoms with van der Waals surface area (Å²) in [6.45, 7) is 0.0549. The Morgan fingerprint density at radius 2 is 1.78 bits per heavy atom. The van der Waals surface area contributed by atoms with E-state index in [1.165, 1.54) is 35.6 Å². The molecule has 1 N–H and O–H groups in total. The fraction of sp³-hybridized carbons (Fsp3) is 0.217. The SMILES string of the molecule is CN=S(=O)(NCCCN1c2cc(Cl)ccc2Oc2ccccc2S1(=O)=O)c1ccc(OC(F)(F)F)cc1. The Bertz CT molecular complexity index is 1520. The number of anilines is 1. The number of nitrogens with one attached hydrogen (secondary N) is 1. The van der Waals surface area contributed by atoms with Crippen LogP contribution in [0.25, 0.3) is 0 Å². The van der Waals surface area contributed by atoms with Crippen LogP contribution >= 0.6 is 11.6 Å². The molecule has 1 aliphatic rings. The van der Waals surface area contributed by atoms with Crippen LogP contribution in [0.2, 0.25) is 5.02 Å². The summed E-state index contributed by atoms with van der Waals surface area (Å²) in [5.41, 5.74) is 0.255. The molecule has 1 unspecified atom stereocenters. The molecule has 198 valence electrons. The molecule has 0 radical (unpaired) electrons. The Hall–Kier alpha value is -3.00. The molecule has 0 saturated carbocycles. The summed E-state index contributed by atoms with van der Waals surface area (Å²) in [5.74, 6) is 0.0251. The molecule has 8 nitrogen and oxygen atoms in total. The number of para-hydroxylation sites is 1. The van der Waals surface area contributed by atoms with Gasteiger partial charge in [-0.1, -0.05) is 23.7 Å². The van der Waals surface area contributed by atoms with Crippen molar-refractivity contribution in [3.8, 4) is 17.2 Å². The molecule has 37 heavy (non-hydrogen) atoms. The molecule has 0 aromatic heterocycles. The van der Waals surface area contributed by atoms with Crippen LogP contribution in [0, 0.1) is 0 Å². The first-order chi connectivity index (χ1) is 17.4. The Kier molecular flexibility index (Phi) is 7.60. The summed E-state index contributed by atoms with van der Waals surface area (Å²) in [7, 11) is -5.91. The van der Waals surface area contributed by atoms with Gasteiger partial charge in [0, 0.05) is 25.2 Å². The Morgan fingerprint density at radius 3 is 2.46 bits per heavy atom. The molecule has 1 atom stereocenters. The number of halogens is 4. The molecule has 3 aromatic carbocycles. The summed E-state index contributed by atoms with van der Waals surface area (Å²) in [5, 5.41) is 0.317. The van der Waals surface area contributed by atoms with Crippen LogP contribution < -0.4 is 18.5 Å². The van der Waals surface area contributed by atoms with Gasteiger partial charge in [-0.15, -0.1) is 13.2 Å². The Balaban J connectivity index is 1.52. The second-order valence-electron chi connectivity index (χ2n) is 7.71. The van der Waals surface area contributed by atoms with Crippen LogP contribution in [0.3, 0.4) is 0 Å². The minimum atomic E-state index is -4.85. The van der Waals surface area contributed by atoms with Gasteiger partial charge in [0.25, 0.3) is 10.0 Å². The zero-order valence-electron chi connectivity index (χ0n) is 19.2. The number of sulfonamides is 1. The van der Waals surface area contributed by atoms with Gasteiger partial charge in [0.2, 0.25) is 0 Å². The third-order valence-electron chi connectivity index (χ3n) is 5.30. The van der Waals surface area contributed by atoms with E-state index in [0.717, 1.165) is 12.1 Å². The van der Waals surface area contributed by atoms with Gasteiger partial charge in [-0.3, -0.25) is 4.31 Å². The summed E-state index contributed by atoms with van der Waals surface area (Å²) >= 11 is 6.14. The Labute approximate surface area is 217 Å². The van der Waals surface area contributed by atoms with E-state index in [9.17, 15) is 25.8 Å². The van der Waals surface area contributed by atoms with Crippen LogP contribution in [-0.2, 0) is 19.9 Å². The normalized spacial score (nSPS) is 16.0. The highest BCUT2D eigenvalue weighted by molar-refractivity contribution is 7.93. The first kappa shape index (κ1) is 27.0. The van der Waals surface area contributed by atoms with Crippen molar-refractivity contribution in [3.63, 3.8) is 0 Å². The number of hydrogen-bond acceptors (Lipinski definition) is 6. The van der Waals surface area contributed by atoms with E-state index in [4.69, 9.17) is 16.3 Å². The number of hydrogen-bond donors (Lipinski definition) is 1. The lowest BCUT2D eigenvalue weighted by Crippen LogP contribution is -2.34. The molecule has 3 aromatic rings. The largest absolute Gasteiger partial charge is 0.573 e. The highest BCUT2D eigenvalue weighted by atomic mass is 35.5. The lowest BCUT2D eigenvalue weighted by molar-refractivity contribution is -0.274. The maximum absolute atomic E-state index is 13.5.